The standard InChI is InChI=1S/C23H30N4O3/c1-4-17(11-15-28)24-22(30)25-20-6-5-13-27(21(20)29)19-9-7-18(8-10-19)26-14-12-23(2,3)16-26/h4,7-11,15,20H,1,5-6,12-14,16H2,2-3H3,(H2,24,25,30)/b17-11+/t20-/m1/s1. The van der Waals surface area contributed by atoms with Crippen molar-refractivity contribution >= 4 is 29.6 Å². The van der Waals surface area contributed by atoms with Crippen molar-refractivity contribution in [3.8, 4) is 0 Å². The van der Waals surface area contributed by atoms with Gasteiger partial charge in [0.05, 0.1) is 0 Å². The van der Waals surface area contributed by atoms with Crippen LogP contribution in [0.3, 0.4) is 0 Å². The molecule has 2 aliphatic heterocycles. The van der Waals surface area contributed by atoms with E-state index in [1.807, 2.05) is 12.1 Å². The number of aldehydes is 1. The fraction of sp³-hybridized carbons (Fsp3) is 0.435. The molecule has 0 spiro atoms. The van der Waals surface area contributed by atoms with Crippen molar-refractivity contribution < 1.29 is 14.4 Å². The van der Waals surface area contributed by atoms with Crippen LogP contribution in [0.1, 0.15) is 33.1 Å². The van der Waals surface area contributed by atoms with Gasteiger partial charge in [0.25, 0.3) is 0 Å². The molecule has 2 heterocycles. The van der Waals surface area contributed by atoms with Crippen molar-refractivity contribution in [2.24, 2.45) is 5.41 Å². The second kappa shape index (κ2) is 9.15. The molecule has 2 aliphatic rings. The molecule has 3 amide bonds. The molecule has 1 aromatic carbocycles. The summed E-state index contributed by atoms with van der Waals surface area (Å²) in [6.07, 6.45) is 5.67. The van der Waals surface area contributed by atoms with Crippen molar-refractivity contribution in [2.75, 3.05) is 29.4 Å². The molecule has 0 bridgehead atoms. The van der Waals surface area contributed by atoms with E-state index in [0.717, 1.165) is 25.2 Å². The van der Waals surface area contributed by atoms with Crippen molar-refractivity contribution in [3.05, 3.63) is 48.7 Å². The minimum absolute atomic E-state index is 0.133. The number of hydrogen-bond acceptors (Lipinski definition) is 4. The number of amides is 3. The zero-order chi connectivity index (χ0) is 21.7. The monoisotopic (exact) mass is 410 g/mol. The minimum atomic E-state index is -0.611. The molecular formula is C23H30N4O3. The number of allylic oxidation sites excluding steroid dienone is 2. The van der Waals surface area contributed by atoms with E-state index in [-0.39, 0.29) is 11.6 Å². The summed E-state index contributed by atoms with van der Waals surface area (Å²) in [5.41, 5.74) is 2.61. The molecule has 3 rings (SSSR count). The Kier molecular flexibility index (Phi) is 6.59. The van der Waals surface area contributed by atoms with Crippen LogP contribution >= 0.6 is 0 Å². The molecule has 0 saturated carbocycles. The van der Waals surface area contributed by atoms with Crippen LogP contribution in [-0.4, -0.2) is 43.9 Å². The van der Waals surface area contributed by atoms with Gasteiger partial charge in [0.1, 0.15) is 12.3 Å². The lowest BCUT2D eigenvalue weighted by Crippen LogP contribution is -2.54. The molecule has 0 radical (unpaired) electrons. The number of piperidine rings is 1. The maximum absolute atomic E-state index is 13.0. The molecule has 7 nitrogen and oxygen atoms in total. The SMILES string of the molecule is C=C/C(=C\C=O)NC(=O)N[C@@H]1CCCN(c2ccc(N3CCC(C)(C)C3)cc2)C1=O. The normalized spacial score (nSPS) is 21.3. The van der Waals surface area contributed by atoms with E-state index in [4.69, 9.17) is 0 Å². The van der Waals surface area contributed by atoms with Crippen LogP contribution in [-0.2, 0) is 9.59 Å². The minimum Gasteiger partial charge on any atom is -0.371 e. The van der Waals surface area contributed by atoms with Gasteiger partial charge in [-0.3, -0.25) is 9.59 Å². The lowest BCUT2D eigenvalue weighted by Gasteiger charge is -2.33. The molecule has 0 aliphatic carbocycles. The summed E-state index contributed by atoms with van der Waals surface area (Å²) in [7, 11) is 0. The largest absolute Gasteiger partial charge is 0.371 e. The highest BCUT2D eigenvalue weighted by molar-refractivity contribution is 6.00. The maximum Gasteiger partial charge on any atom is 0.319 e. The van der Waals surface area contributed by atoms with Crippen LogP contribution in [0.15, 0.2) is 48.7 Å². The summed E-state index contributed by atoms with van der Waals surface area (Å²) in [6.45, 7) is 10.8. The number of carbonyl (C=O) groups excluding carboxylic acids is 3. The van der Waals surface area contributed by atoms with Gasteiger partial charge in [-0.05, 0) is 55.0 Å². The molecule has 30 heavy (non-hydrogen) atoms. The van der Waals surface area contributed by atoms with Gasteiger partial charge in [-0.2, -0.15) is 0 Å². The Morgan fingerprint density at radius 2 is 1.90 bits per heavy atom. The molecule has 2 N–H and O–H groups in total. The molecule has 2 fully saturated rings. The third kappa shape index (κ3) is 5.09. The van der Waals surface area contributed by atoms with Crippen LogP contribution in [0.4, 0.5) is 16.2 Å². The lowest BCUT2D eigenvalue weighted by atomic mass is 9.93. The average molecular weight is 411 g/mol. The fourth-order valence-corrected chi connectivity index (χ4v) is 4.00. The molecule has 1 atom stereocenters. The topological polar surface area (TPSA) is 81.8 Å². The highest BCUT2D eigenvalue weighted by atomic mass is 16.2. The molecular weight excluding hydrogens is 380 g/mol. The Labute approximate surface area is 177 Å². The number of nitrogens with one attached hydrogen (secondary N) is 2. The lowest BCUT2D eigenvalue weighted by molar-refractivity contribution is -0.121. The number of benzene rings is 1. The molecule has 160 valence electrons. The van der Waals surface area contributed by atoms with E-state index in [1.54, 1.807) is 4.90 Å². The first-order chi connectivity index (χ1) is 14.3. The van der Waals surface area contributed by atoms with E-state index >= 15 is 0 Å². The predicted octanol–water partition coefficient (Wildman–Crippen LogP) is 2.99. The summed E-state index contributed by atoms with van der Waals surface area (Å²) in [5, 5.41) is 5.22. The Morgan fingerprint density at radius 3 is 2.50 bits per heavy atom. The Morgan fingerprint density at radius 1 is 1.20 bits per heavy atom. The first-order valence-electron chi connectivity index (χ1n) is 10.3. The van der Waals surface area contributed by atoms with Crippen molar-refractivity contribution in [1.82, 2.24) is 10.6 Å². The number of rotatable bonds is 6. The van der Waals surface area contributed by atoms with Gasteiger partial charge in [-0.25, -0.2) is 4.79 Å². The Bertz CT molecular complexity index is 845. The smallest absolute Gasteiger partial charge is 0.319 e. The quantitative estimate of drug-likeness (QED) is 0.429. The molecule has 2 saturated heterocycles. The van der Waals surface area contributed by atoms with Gasteiger partial charge >= 0.3 is 6.03 Å². The second-order valence-electron chi connectivity index (χ2n) is 8.60. The molecule has 0 aromatic heterocycles. The van der Waals surface area contributed by atoms with Crippen molar-refractivity contribution in [2.45, 2.75) is 39.2 Å². The maximum atomic E-state index is 13.0. The zero-order valence-corrected chi connectivity index (χ0v) is 17.7. The average Bonchev–Trinajstić information content (AvgIpc) is 3.09. The van der Waals surface area contributed by atoms with Gasteiger partial charge in [-0.15, -0.1) is 0 Å². The van der Waals surface area contributed by atoms with Gasteiger partial charge in [0.15, 0.2) is 0 Å². The van der Waals surface area contributed by atoms with Gasteiger partial charge in [-0.1, -0.05) is 20.4 Å². The van der Waals surface area contributed by atoms with Gasteiger partial charge in [0, 0.05) is 42.8 Å². The molecule has 1 aromatic rings. The first kappa shape index (κ1) is 21.6. The number of carbonyl (C=O) groups is 3. The summed E-state index contributed by atoms with van der Waals surface area (Å²) >= 11 is 0. The van der Waals surface area contributed by atoms with Crippen LogP contribution in [0.5, 0.6) is 0 Å². The summed E-state index contributed by atoms with van der Waals surface area (Å²) in [5.74, 6) is -0.133. The number of hydrogen-bond donors (Lipinski definition) is 2. The zero-order valence-electron chi connectivity index (χ0n) is 17.7. The van der Waals surface area contributed by atoms with E-state index in [0.29, 0.717) is 24.7 Å². The Balaban J connectivity index is 1.63. The van der Waals surface area contributed by atoms with Gasteiger partial charge < -0.3 is 20.4 Å². The van der Waals surface area contributed by atoms with Crippen LogP contribution in [0.2, 0.25) is 0 Å². The summed E-state index contributed by atoms with van der Waals surface area (Å²) in [4.78, 5) is 39.8. The third-order valence-corrected chi connectivity index (χ3v) is 5.67. The number of nitrogens with zero attached hydrogens (tertiary/aromatic N) is 2. The summed E-state index contributed by atoms with van der Waals surface area (Å²) < 4.78 is 0. The molecule has 7 heteroatoms. The second-order valence-corrected chi connectivity index (χ2v) is 8.60. The summed E-state index contributed by atoms with van der Waals surface area (Å²) in [6, 6.07) is 6.94. The van der Waals surface area contributed by atoms with Crippen LogP contribution in [0, 0.1) is 5.41 Å². The fourth-order valence-electron chi connectivity index (χ4n) is 4.00. The van der Waals surface area contributed by atoms with E-state index < -0.39 is 12.1 Å². The number of anilines is 2. The first-order valence-corrected chi connectivity index (χ1v) is 10.3. The van der Waals surface area contributed by atoms with Gasteiger partial charge in [0.2, 0.25) is 5.91 Å². The van der Waals surface area contributed by atoms with E-state index in [1.165, 1.54) is 24.3 Å². The Hall–Kier alpha value is -3.09. The molecule has 0 unspecified atom stereocenters. The highest BCUT2D eigenvalue weighted by Gasteiger charge is 2.32. The van der Waals surface area contributed by atoms with Crippen LogP contribution < -0.4 is 20.4 Å². The van der Waals surface area contributed by atoms with Crippen molar-refractivity contribution in [1.29, 1.82) is 0 Å². The van der Waals surface area contributed by atoms with E-state index in [9.17, 15) is 14.4 Å². The third-order valence-electron chi connectivity index (χ3n) is 5.67. The number of urea groups is 1. The van der Waals surface area contributed by atoms with Crippen LogP contribution in [0.25, 0.3) is 0 Å². The van der Waals surface area contributed by atoms with E-state index in [2.05, 4.69) is 48.1 Å². The van der Waals surface area contributed by atoms with Crippen molar-refractivity contribution in [3.63, 3.8) is 0 Å². The predicted molar refractivity (Wildman–Crippen MR) is 118 cm³/mol. The highest BCUT2D eigenvalue weighted by Crippen LogP contribution is 2.33.